The smallest absolute Gasteiger partial charge is 0.359 e. The number of esters is 1. The Kier molecular flexibility index (Phi) is 5.80. The van der Waals surface area contributed by atoms with Crippen LogP contribution < -0.4 is 10.3 Å². The van der Waals surface area contributed by atoms with E-state index in [1.807, 2.05) is 55.5 Å². The molecule has 1 heterocycles. The molecule has 0 aliphatic carbocycles. The number of aromatic nitrogens is 2. The maximum atomic E-state index is 13.0. The lowest BCUT2D eigenvalue weighted by Crippen LogP contribution is -2.27. The number of ether oxygens (including phenoxy) is 2. The van der Waals surface area contributed by atoms with Crippen molar-refractivity contribution >= 4 is 16.7 Å². The summed E-state index contributed by atoms with van der Waals surface area (Å²) in [6.07, 6.45) is 0. The molecule has 31 heavy (non-hydrogen) atoms. The highest BCUT2D eigenvalue weighted by atomic mass is 16.5. The standard InChI is InChI=1S/C25H22N2O4/c1-17-12-13-22(30-2)19(14-17)16-31-25(29)23-20-10-6-7-11-21(20)24(28)27(26-23)15-18-8-4-3-5-9-18/h3-14H,15-16H2,1-2H3. The fourth-order valence-corrected chi connectivity index (χ4v) is 3.48. The van der Waals surface area contributed by atoms with Gasteiger partial charge in [-0.1, -0.05) is 60.2 Å². The molecule has 3 aromatic carbocycles. The number of hydrogen-bond donors (Lipinski definition) is 0. The van der Waals surface area contributed by atoms with Gasteiger partial charge in [-0.15, -0.1) is 0 Å². The fourth-order valence-electron chi connectivity index (χ4n) is 3.48. The van der Waals surface area contributed by atoms with Gasteiger partial charge < -0.3 is 9.47 Å². The molecular formula is C25H22N2O4. The van der Waals surface area contributed by atoms with Gasteiger partial charge in [-0.2, -0.15) is 5.10 Å². The van der Waals surface area contributed by atoms with Crippen LogP contribution in [0.5, 0.6) is 5.75 Å². The van der Waals surface area contributed by atoms with Crippen LogP contribution in [0.1, 0.15) is 27.2 Å². The number of carbonyl (C=O) groups excluding carboxylic acids is 1. The van der Waals surface area contributed by atoms with Gasteiger partial charge in [0.25, 0.3) is 5.56 Å². The number of hydrogen-bond acceptors (Lipinski definition) is 5. The van der Waals surface area contributed by atoms with Crippen molar-refractivity contribution in [2.75, 3.05) is 7.11 Å². The predicted molar refractivity (Wildman–Crippen MR) is 118 cm³/mol. The van der Waals surface area contributed by atoms with Crippen LogP contribution in [0.4, 0.5) is 0 Å². The number of rotatable bonds is 6. The first kappa shape index (κ1) is 20.3. The Morgan fingerprint density at radius 2 is 1.68 bits per heavy atom. The maximum absolute atomic E-state index is 13.0. The van der Waals surface area contributed by atoms with Crippen molar-refractivity contribution in [3.05, 3.63) is 106 Å². The normalized spacial score (nSPS) is 10.8. The summed E-state index contributed by atoms with van der Waals surface area (Å²) in [4.78, 5) is 25.9. The Balaban J connectivity index is 1.69. The summed E-state index contributed by atoms with van der Waals surface area (Å²) in [7, 11) is 1.57. The summed E-state index contributed by atoms with van der Waals surface area (Å²) >= 11 is 0. The molecule has 0 N–H and O–H groups in total. The monoisotopic (exact) mass is 414 g/mol. The second-order valence-corrected chi connectivity index (χ2v) is 7.23. The van der Waals surface area contributed by atoms with Crippen LogP contribution in [0, 0.1) is 6.92 Å². The highest BCUT2D eigenvalue weighted by Gasteiger charge is 2.19. The Morgan fingerprint density at radius 3 is 2.42 bits per heavy atom. The van der Waals surface area contributed by atoms with Crippen LogP contribution in [-0.2, 0) is 17.9 Å². The predicted octanol–water partition coefficient (Wildman–Crippen LogP) is 4.12. The molecule has 0 aliphatic rings. The second kappa shape index (κ2) is 8.83. The van der Waals surface area contributed by atoms with E-state index in [0.29, 0.717) is 16.5 Å². The maximum Gasteiger partial charge on any atom is 0.359 e. The van der Waals surface area contributed by atoms with Crippen molar-refractivity contribution < 1.29 is 14.3 Å². The minimum Gasteiger partial charge on any atom is -0.496 e. The van der Waals surface area contributed by atoms with Gasteiger partial charge in [-0.25, -0.2) is 9.48 Å². The molecule has 0 bridgehead atoms. The van der Waals surface area contributed by atoms with Crippen molar-refractivity contribution in [1.82, 2.24) is 9.78 Å². The molecule has 4 aromatic rings. The van der Waals surface area contributed by atoms with E-state index in [2.05, 4.69) is 5.10 Å². The van der Waals surface area contributed by atoms with Gasteiger partial charge in [0.05, 0.1) is 19.0 Å². The Bertz CT molecular complexity index is 1300. The largest absolute Gasteiger partial charge is 0.496 e. The van der Waals surface area contributed by atoms with Crippen LogP contribution in [-0.4, -0.2) is 22.9 Å². The van der Waals surface area contributed by atoms with Crippen LogP contribution in [0.15, 0.2) is 77.6 Å². The molecule has 1 aromatic heterocycles. The Labute approximate surface area is 179 Å². The van der Waals surface area contributed by atoms with Gasteiger partial charge in [0.15, 0.2) is 5.69 Å². The van der Waals surface area contributed by atoms with Gasteiger partial charge in [0, 0.05) is 10.9 Å². The minimum atomic E-state index is -0.596. The van der Waals surface area contributed by atoms with E-state index in [-0.39, 0.29) is 24.4 Å². The Morgan fingerprint density at radius 1 is 0.968 bits per heavy atom. The quantitative estimate of drug-likeness (QED) is 0.444. The van der Waals surface area contributed by atoms with Crippen molar-refractivity contribution in [3.63, 3.8) is 0 Å². The van der Waals surface area contributed by atoms with Gasteiger partial charge in [-0.05, 0) is 30.7 Å². The fraction of sp³-hybridized carbons (Fsp3) is 0.160. The molecule has 0 saturated heterocycles. The molecule has 6 nitrogen and oxygen atoms in total. The van der Waals surface area contributed by atoms with Crippen LogP contribution in [0.3, 0.4) is 0 Å². The zero-order valence-corrected chi connectivity index (χ0v) is 17.4. The molecule has 0 radical (unpaired) electrons. The van der Waals surface area contributed by atoms with Gasteiger partial charge in [0.2, 0.25) is 0 Å². The lowest BCUT2D eigenvalue weighted by molar-refractivity contribution is 0.0463. The van der Waals surface area contributed by atoms with Crippen molar-refractivity contribution in [3.8, 4) is 5.75 Å². The molecule has 156 valence electrons. The summed E-state index contributed by atoms with van der Waals surface area (Å²) in [6.45, 7) is 2.26. The minimum absolute atomic E-state index is 0.0392. The number of methoxy groups -OCH3 is 1. The molecule has 0 saturated carbocycles. The molecule has 0 unspecified atom stereocenters. The molecular weight excluding hydrogens is 392 g/mol. The first-order valence-corrected chi connectivity index (χ1v) is 9.91. The average molecular weight is 414 g/mol. The number of fused-ring (bicyclic) bond motifs is 1. The molecule has 0 amide bonds. The number of carbonyl (C=O) groups is 1. The summed E-state index contributed by atoms with van der Waals surface area (Å²) in [6, 6.07) is 22.1. The van der Waals surface area contributed by atoms with Crippen molar-refractivity contribution in [1.29, 1.82) is 0 Å². The van der Waals surface area contributed by atoms with Gasteiger partial charge in [0.1, 0.15) is 12.4 Å². The highest BCUT2D eigenvalue weighted by molar-refractivity contribution is 6.02. The van der Waals surface area contributed by atoms with E-state index in [0.717, 1.165) is 16.7 Å². The van der Waals surface area contributed by atoms with Gasteiger partial charge >= 0.3 is 5.97 Å². The number of nitrogens with zero attached hydrogens (tertiary/aromatic N) is 2. The molecule has 4 rings (SSSR count). The van der Waals surface area contributed by atoms with Crippen LogP contribution in [0.2, 0.25) is 0 Å². The van der Waals surface area contributed by atoms with E-state index >= 15 is 0 Å². The summed E-state index contributed by atoms with van der Waals surface area (Å²) in [5.41, 5.74) is 2.56. The summed E-state index contributed by atoms with van der Waals surface area (Å²) in [5, 5.41) is 5.26. The lowest BCUT2D eigenvalue weighted by atomic mass is 10.1. The second-order valence-electron chi connectivity index (χ2n) is 7.23. The van der Waals surface area contributed by atoms with E-state index in [1.165, 1.54) is 4.68 Å². The van der Waals surface area contributed by atoms with E-state index in [1.54, 1.807) is 31.4 Å². The van der Waals surface area contributed by atoms with E-state index in [4.69, 9.17) is 9.47 Å². The number of benzene rings is 3. The molecule has 0 aliphatic heterocycles. The molecule has 0 fully saturated rings. The molecule has 6 heteroatoms. The summed E-state index contributed by atoms with van der Waals surface area (Å²) in [5.74, 6) is 0.0480. The third-order valence-corrected chi connectivity index (χ3v) is 5.03. The van der Waals surface area contributed by atoms with E-state index in [9.17, 15) is 9.59 Å². The third-order valence-electron chi connectivity index (χ3n) is 5.03. The molecule has 0 atom stereocenters. The summed E-state index contributed by atoms with van der Waals surface area (Å²) < 4.78 is 12.2. The van der Waals surface area contributed by atoms with E-state index < -0.39 is 5.97 Å². The lowest BCUT2D eigenvalue weighted by Gasteiger charge is -2.12. The highest BCUT2D eigenvalue weighted by Crippen LogP contribution is 2.22. The zero-order chi connectivity index (χ0) is 21.8. The first-order valence-electron chi connectivity index (χ1n) is 9.91. The van der Waals surface area contributed by atoms with Crippen LogP contribution in [0.25, 0.3) is 10.8 Å². The number of aryl methyl sites for hydroxylation is 1. The molecule has 0 spiro atoms. The average Bonchev–Trinajstić information content (AvgIpc) is 2.80. The van der Waals surface area contributed by atoms with Crippen molar-refractivity contribution in [2.24, 2.45) is 0 Å². The third kappa shape index (κ3) is 4.33. The van der Waals surface area contributed by atoms with Gasteiger partial charge in [-0.3, -0.25) is 4.79 Å². The topological polar surface area (TPSA) is 70.4 Å². The SMILES string of the molecule is COc1ccc(C)cc1COC(=O)c1nn(Cc2ccccc2)c(=O)c2ccccc12. The Hall–Kier alpha value is -3.93. The van der Waals surface area contributed by atoms with Crippen molar-refractivity contribution in [2.45, 2.75) is 20.1 Å². The zero-order valence-electron chi connectivity index (χ0n) is 17.4. The van der Waals surface area contributed by atoms with Crippen LogP contribution >= 0.6 is 0 Å². The first-order chi connectivity index (χ1) is 15.1.